The maximum absolute atomic E-state index is 12.5. The monoisotopic (exact) mass is 367 g/mol. The Kier molecular flexibility index (Phi) is 5.16. The Morgan fingerprint density at radius 1 is 1.41 bits per heavy atom. The Morgan fingerprint density at radius 3 is 2.93 bits per heavy atom. The van der Waals surface area contributed by atoms with Crippen molar-refractivity contribution in [2.24, 2.45) is 0 Å². The van der Waals surface area contributed by atoms with E-state index in [-0.39, 0.29) is 17.4 Å². The van der Waals surface area contributed by atoms with E-state index in [0.29, 0.717) is 16.7 Å². The second-order valence-electron chi connectivity index (χ2n) is 6.03. The van der Waals surface area contributed by atoms with Gasteiger partial charge in [0.1, 0.15) is 17.9 Å². The van der Waals surface area contributed by atoms with E-state index in [4.69, 9.17) is 4.42 Å². The minimum atomic E-state index is -1.17. The summed E-state index contributed by atoms with van der Waals surface area (Å²) in [6.45, 7) is 1.86. The van der Waals surface area contributed by atoms with Gasteiger partial charge in [-0.1, -0.05) is 11.6 Å². The second-order valence-corrected chi connectivity index (χ2v) is 6.03. The first-order valence-electron chi connectivity index (χ1n) is 8.15. The molecule has 0 radical (unpaired) electrons. The summed E-state index contributed by atoms with van der Waals surface area (Å²) in [7, 11) is 0. The molecule has 0 spiro atoms. The van der Waals surface area contributed by atoms with Crippen LogP contribution < -0.4 is 10.7 Å². The number of aromatic nitrogens is 2. The van der Waals surface area contributed by atoms with E-state index in [2.05, 4.69) is 15.3 Å². The Balaban J connectivity index is 1.75. The Hall–Kier alpha value is -3.68. The molecule has 2 heterocycles. The maximum Gasteiger partial charge on any atom is 0.326 e. The van der Waals surface area contributed by atoms with Crippen molar-refractivity contribution in [1.82, 2.24) is 15.3 Å². The molecule has 0 fully saturated rings. The van der Waals surface area contributed by atoms with Gasteiger partial charge < -0.3 is 19.8 Å². The summed E-state index contributed by atoms with van der Waals surface area (Å²) in [6, 6.07) is 4.13. The first-order valence-corrected chi connectivity index (χ1v) is 8.15. The van der Waals surface area contributed by atoms with Crippen LogP contribution in [0.15, 0.2) is 52.3 Å². The van der Waals surface area contributed by atoms with E-state index in [1.807, 2.05) is 13.0 Å². The highest BCUT2D eigenvalue weighted by atomic mass is 16.4. The molecule has 138 valence electrons. The van der Waals surface area contributed by atoms with Crippen LogP contribution >= 0.6 is 0 Å². The Morgan fingerprint density at radius 2 is 2.22 bits per heavy atom. The number of aliphatic carboxylic acids is 1. The minimum absolute atomic E-state index is 0.0618. The average Bonchev–Trinajstić information content (AvgIpc) is 3.14. The molecule has 1 amide bonds. The fourth-order valence-corrected chi connectivity index (χ4v) is 2.58. The third-order valence-corrected chi connectivity index (χ3v) is 3.96. The number of carboxylic acids is 1. The summed E-state index contributed by atoms with van der Waals surface area (Å²) in [6.07, 6.45) is 6.65. The number of hydrogen-bond donors (Lipinski definition) is 3. The van der Waals surface area contributed by atoms with Crippen molar-refractivity contribution in [1.29, 1.82) is 0 Å². The first-order chi connectivity index (χ1) is 12.9. The third-order valence-electron chi connectivity index (χ3n) is 3.96. The molecule has 8 nitrogen and oxygen atoms in total. The van der Waals surface area contributed by atoms with Gasteiger partial charge in [-0.05, 0) is 25.1 Å². The van der Waals surface area contributed by atoms with Gasteiger partial charge in [-0.3, -0.25) is 9.59 Å². The lowest BCUT2D eigenvalue weighted by Crippen LogP contribution is -2.41. The number of benzene rings is 1. The zero-order valence-electron chi connectivity index (χ0n) is 14.4. The molecule has 2 aromatic heterocycles. The van der Waals surface area contributed by atoms with Crippen molar-refractivity contribution in [3.63, 3.8) is 0 Å². The molecule has 3 aromatic rings. The molecule has 0 aliphatic carbocycles. The lowest BCUT2D eigenvalue weighted by molar-refractivity contribution is -0.141. The number of fused-ring (bicyclic) bond motifs is 1. The highest BCUT2D eigenvalue weighted by Crippen LogP contribution is 2.13. The zero-order valence-corrected chi connectivity index (χ0v) is 14.4. The van der Waals surface area contributed by atoms with E-state index in [1.54, 1.807) is 12.1 Å². The zero-order chi connectivity index (χ0) is 19.4. The van der Waals surface area contributed by atoms with Crippen LogP contribution in [0.2, 0.25) is 0 Å². The highest BCUT2D eigenvalue weighted by molar-refractivity contribution is 5.94. The number of rotatable bonds is 6. The van der Waals surface area contributed by atoms with E-state index in [0.717, 1.165) is 11.6 Å². The second kappa shape index (κ2) is 7.69. The Labute approximate surface area is 153 Å². The summed E-state index contributed by atoms with van der Waals surface area (Å²) < 4.78 is 5.41. The molecule has 3 rings (SSSR count). The molecule has 0 saturated heterocycles. The molecular weight excluding hydrogens is 350 g/mol. The van der Waals surface area contributed by atoms with Gasteiger partial charge in [0.05, 0.1) is 17.3 Å². The largest absolute Gasteiger partial charge is 0.480 e. The lowest BCUT2D eigenvalue weighted by Gasteiger charge is -2.11. The number of imidazole rings is 1. The number of aryl methyl sites for hydroxylation is 1. The number of aromatic amines is 1. The number of nitrogens with one attached hydrogen (secondary N) is 2. The van der Waals surface area contributed by atoms with Gasteiger partial charge in [-0.2, -0.15) is 0 Å². The Bertz CT molecular complexity index is 1070. The fourth-order valence-electron chi connectivity index (χ4n) is 2.58. The van der Waals surface area contributed by atoms with Crippen molar-refractivity contribution in [2.45, 2.75) is 19.4 Å². The standard InChI is InChI=1S/C19H17N3O5/c1-11-2-4-16-14(6-11)18(24)12(9-27-16)3-5-17(23)22-15(19(25)26)7-13-8-20-10-21-13/h2-6,8-10,15H,7H2,1H3,(H,20,21)(H,22,23)(H,25,26)/b5-3+. The van der Waals surface area contributed by atoms with Gasteiger partial charge in [0.25, 0.3) is 0 Å². The molecule has 1 atom stereocenters. The smallest absolute Gasteiger partial charge is 0.326 e. The topological polar surface area (TPSA) is 125 Å². The van der Waals surface area contributed by atoms with Gasteiger partial charge in [0.2, 0.25) is 5.91 Å². The van der Waals surface area contributed by atoms with Gasteiger partial charge in [-0.25, -0.2) is 9.78 Å². The normalized spacial score (nSPS) is 12.3. The fraction of sp³-hybridized carbons (Fsp3) is 0.158. The number of H-pyrrole nitrogens is 1. The predicted octanol–water partition coefficient (Wildman–Crippen LogP) is 1.65. The van der Waals surface area contributed by atoms with Crippen molar-refractivity contribution < 1.29 is 19.1 Å². The predicted molar refractivity (Wildman–Crippen MR) is 98.1 cm³/mol. The van der Waals surface area contributed by atoms with Crippen LogP contribution in [-0.2, 0) is 16.0 Å². The molecule has 0 aliphatic rings. The van der Waals surface area contributed by atoms with Crippen LogP contribution in [0.25, 0.3) is 17.0 Å². The molecule has 1 aromatic carbocycles. The number of hydrogen-bond acceptors (Lipinski definition) is 5. The number of amides is 1. The quantitative estimate of drug-likeness (QED) is 0.569. The van der Waals surface area contributed by atoms with Gasteiger partial charge >= 0.3 is 5.97 Å². The van der Waals surface area contributed by atoms with Crippen molar-refractivity contribution in [3.05, 3.63) is 70.1 Å². The van der Waals surface area contributed by atoms with Crippen molar-refractivity contribution >= 4 is 28.9 Å². The van der Waals surface area contributed by atoms with E-state index in [9.17, 15) is 19.5 Å². The van der Waals surface area contributed by atoms with E-state index < -0.39 is 17.9 Å². The number of carboxylic acid groups (broad SMARTS) is 1. The van der Waals surface area contributed by atoms with Crippen LogP contribution in [0.5, 0.6) is 0 Å². The van der Waals surface area contributed by atoms with Crippen molar-refractivity contribution in [2.75, 3.05) is 0 Å². The lowest BCUT2D eigenvalue weighted by atomic mass is 10.1. The molecule has 27 heavy (non-hydrogen) atoms. The van der Waals surface area contributed by atoms with E-state index >= 15 is 0 Å². The number of nitrogens with zero attached hydrogens (tertiary/aromatic N) is 1. The van der Waals surface area contributed by atoms with Crippen LogP contribution in [0, 0.1) is 6.92 Å². The first kappa shape index (κ1) is 18.1. The maximum atomic E-state index is 12.5. The van der Waals surface area contributed by atoms with Crippen LogP contribution in [-0.4, -0.2) is 33.0 Å². The SMILES string of the molecule is Cc1ccc2occ(/C=C/C(=O)NC(Cc3cnc[nH]3)C(=O)O)c(=O)c2c1. The van der Waals surface area contributed by atoms with E-state index in [1.165, 1.54) is 24.9 Å². The molecule has 3 N–H and O–H groups in total. The van der Waals surface area contributed by atoms with Crippen LogP contribution in [0.3, 0.4) is 0 Å². The summed E-state index contributed by atoms with van der Waals surface area (Å²) in [5, 5.41) is 12.1. The molecule has 1 unspecified atom stereocenters. The highest BCUT2D eigenvalue weighted by Gasteiger charge is 2.20. The minimum Gasteiger partial charge on any atom is -0.480 e. The third kappa shape index (κ3) is 4.30. The van der Waals surface area contributed by atoms with Crippen LogP contribution in [0.1, 0.15) is 16.8 Å². The molecule has 0 bridgehead atoms. The van der Waals surface area contributed by atoms with Crippen molar-refractivity contribution in [3.8, 4) is 0 Å². The number of carbonyl (C=O) groups is 2. The molecule has 0 aliphatic heterocycles. The average molecular weight is 367 g/mol. The molecule has 0 saturated carbocycles. The van der Waals surface area contributed by atoms with Gasteiger partial charge in [-0.15, -0.1) is 0 Å². The number of carbonyl (C=O) groups excluding carboxylic acids is 1. The summed E-state index contributed by atoms with van der Waals surface area (Å²) in [5.41, 5.74) is 1.88. The molecular formula is C19H17N3O5. The van der Waals surface area contributed by atoms with Crippen LogP contribution in [0.4, 0.5) is 0 Å². The summed E-state index contributed by atoms with van der Waals surface area (Å²) >= 11 is 0. The summed E-state index contributed by atoms with van der Waals surface area (Å²) in [4.78, 5) is 42.5. The summed E-state index contributed by atoms with van der Waals surface area (Å²) in [5.74, 6) is -1.81. The molecule has 8 heteroatoms. The van der Waals surface area contributed by atoms with Gasteiger partial charge in [0.15, 0.2) is 5.43 Å². The van der Waals surface area contributed by atoms with Gasteiger partial charge in [0, 0.05) is 24.4 Å².